The van der Waals surface area contributed by atoms with Gasteiger partial charge < -0.3 is 10.4 Å². The van der Waals surface area contributed by atoms with Gasteiger partial charge in [-0.1, -0.05) is 17.7 Å². The van der Waals surface area contributed by atoms with E-state index in [9.17, 15) is 24.8 Å². The molecule has 0 saturated heterocycles. The Balaban J connectivity index is 1.65. The van der Waals surface area contributed by atoms with E-state index in [1.165, 1.54) is 60.8 Å². The van der Waals surface area contributed by atoms with E-state index >= 15 is 0 Å². The lowest BCUT2D eigenvalue weighted by Crippen LogP contribution is -2.18. The third-order valence-electron chi connectivity index (χ3n) is 4.08. The Morgan fingerprint density at radius 3 is 2.45 bits per heavy atom. The number of non-ortho nitro benzene ring substituents is 1. The molecule has 3 aromatic rings. The highest BCUT2D eigenvalue weighted by Crippen LogP contribution is 2.19. The lowest BCUT2D eigenvalue weighted by molar-refractivity contribution is -0.384. The van der Waals surface area contributed by atoms with E-state index in [1.54, 1.807) is 12.1 Å². The summed E-state index contributed by atoms with van der Waals surface area (Å²) in [7, 11) is 0. The van der Waals surface area contributed by atoms with Crippen LogP contribution in [0.3, 0.4) is 0 Å². The maximum Gasteiger partial charge on any atom is 0.271 e. The number of aromatic hydroxyl groups is 1. The van der Waals surface area contributed by atoms with Gasteiger partial charge >= 0.3 is 0 Å². The van der Waals surface area contributed by atoms with Crippen LogP contribution in [-0.4, -0.2) is 28.1 Å². The maximum absolute atomic E-state index is 12.3. The molecule has 156 valence electrons. The number of amides is 2. The second kappa shape index (κ2) is 9.51. The summed E-state index contributed by atoms with van der Waals surface area (Å²) >= 11 is 5.85. The van der Waals surface area contributed by atoms with Crippen LogP contribution in [0.2, 0.25) is 5.02 Å². The number of hydrogen-bond donors (Lipinski definition) is 3. The van der Waals surface area contributed by atoms with Crippen LogP contribution in [0, 0.1) is 10.1 Å². The van der Waals surface area contributed by atoms with Gasteiger partial charge in [-0.05, 0) is 48.5 Å². The average molecular weight is 439 g/mol. The fraction of sp³-hybridized carbons (Fsp3) is 0. The van der Waals surface area contributed by atoms with E-state index in [1.807, 2.05) is 0 Å². The molecule has 31 heavy (non-hydrogen) atoms. The number of nitro benzene ring substituents is 1. The van der Waals surface area contributed by atoms with E-state index in [0.717, 1.165) is 0 Å². The number of hydrazone groups is 1. The van der Waals surface area contributed by atoms with Gasteiger partial charge in [0.25, 0.3) is 17.5 Å². The summed E-state index contributed by atoms with van der Waals surface area (Å²) in [5, 5.41) is 27.3. The summed E-state index contributed by atoms with van der Waals surface area (Å²) in [5.41, 5.74) is 3.34. The quantitative estimate of drug-likeness (QED) is 0.304. The van der Waals surface area contributed by atoms with Crippen molar-refractivity contribution in [2.24, 2.45) is 5.10 Å². The molecule has 0 fully saturated rings. The number of halogens is 1. The number of rotatable bonds is 6. The molecule has 0 aliphatic heterocycles. The summed E-state index contributed by atoms with van der Waals surface area (Å²) in [5.74, 6) is -1.07. The highest BCUT2D eigenvalue weighted by atomic mass is 35.5. The summed E-state index contributed by atoms with van der Waals surface area (Å²) in [4.78, 5) is 34.8. The molecule has 0 bridgehead atoms. The summed E-state index contributed by atoms with van der Waals surface area (Å²) in [6.45, 7) is 0. The number of carbonyl (C=O) groups is 2. The van der Waals surface area contributed by atoms with E-state index in [2.05, 4.69) is 15.8 Å². The molecule has 0 aliphatic carbocycles. The average Bonchev–Trinajstić information content (AvgIpc) is 2.76. The Morgan fingerprint density at radius 2 is 1.74 bits per heavy atom. The molecule has 0 atom stereocenters. The third-order valence-corrected chi connectivity index (χ3v) is 4.32. The minimum atomic E-state index is -0.556. The Labute approximate surface area is 181 Å². The number of phenols is 1. The van der Waals surface area contributed by atoms with Crippen LogP contribution in [0.5, 0.6) is 5.75 Å². The largest absolute Gasteiger partial charge is 0.507 e. The van der Waals surface area contributed by atoms with Crippen molar-refractivity contribution in [1.29, 1.82) is 0 Å². The second-order valence-corrected chi connectivity index (χ2v) is 6.68. The summed E-state index contributed by atoms with van der Waals surface area (Å²) in [6, 6.07) is 15.7. The number of hydrogen-bond acceptors (Lipinski definition) is 6. The Hall–Kier alpha value is -4.24. The zero-order valence-electron chi connectivity index (χ0n) is 15.8. The first-order valence-corrected chi connectivity index (χ1v) is 9.19. The number of phenolic OH excluding ortho intramolecular Hbond substituents is 1. The van der Waals surface area contributed by atoms with E-state index in [0.29, 0.717) is 16.3 Å². The van der Waals surface area contributed by atoms with Crippen LogP contribution >= 0.6 is 11.6 Å². The number of nitro groups is 1. The standard InChI is InChI=1S/C21H15ClN4O5/c22-16-6-9-19(27)15(10-16)12-23-25-21(29)14-2-1-3-17(11-14)24-20(28)13-4-7-18(8-5-13)26(30)31/h1-12,27H,(H,24,28)(H,25,29)/b23-12+. The van der Waals surface area contributed by atoms with Gasteiger partial charge in [0, 0.05) is 39.5 Å². The van der Waals surface area contributed by atoms with Gasteiger partial charge in [0.2, 0.25) is 0 Å². The number of anilines is 1. The van der Waals surface area contributed by atoms with Crippen LogP contribution in [0.25, 0.3) is 0 Å². The molecule has 3 aromatic carbocycles. The van der Waals surface area contributed by atoms with Crippen molar-refractivity contribution in [3.63, 3.8) is 0 Å². The molecule has 0 radical (unpaired) electrons. The summed E-state index contributed by atoms with van der Waals surface area (Å²) in [6.07, 6.45) is 1.25. The molecule has 9 nitrogen and oxygen atoms in total. The fourth-order valence-corrected chi connectivity index (χ4v) is 2.71. The Kier molecular flexibility index (Phi) is 6.58. The molecule has 0 aromatic heterocycles. The zero-order valence-corrected chi connectivity index (χ0v) is 16.5. The van der Waals surface area contributed by atoms with Crippen molar-refractivity contribution in [3.05, 3.63) is 98.6 Å². The first kappa shape index (κ1) is 21.5. The van der Waals surface area contributed by atoms with Crippen LogP contribution in [0.4, 0.5) is 11.4 Å². The SMILES string of the molecule is O=C(N/N=C/c1cc(Cl)ccc1O)c1cccc(NC(=O)c2ccc([N+](=O)[O-])cc2)c1. The van der Waals surface area contributed by atoms with Gasteiger partial charge in [0.15, 0.2) is 0 Å². The van der Waals surface area contributed by atoms with Crippen molar-refractivity contribution >= 4 is 41.0 Å². The predicted molar refractivity (Wildman–Crippen MR) is 116 cm³/mol. The first-order valence-electron chi connectivity index (χ1n) is 8.81. The Morgan fingerprint density at radius 1 is 1.00 bits per heavy atom. The molecule has 0 unspecified atom stereocenters. The number of nitrogens with zero attached hydrogens (tertiary/aromatic N) is 2. The molecular formula is C21H15ClN4O5. The van der Waals surface area contributed by atoms with Crippen molar-refractivity contribution in [2.75, 3.05) is 5.32 Å². The molecule has 0 spiro atoms. The second-order valence-electron chi connectivity index (χ2n) is 6.24. The third kappa shape index (κ3) is 5.64. The lowest BCUT2D eigenvalue weighted by Gasteiger charge is -2.07. The molecule has 2 amide bonds. The maximum atomic E-state index is 12.3. The Bertz CT molecular complexity index is 1180. The zero-order chi connectivity index (χ0) is 22.4. The molecule has 0 aliphatic rings. The summed E-state index contributed by atoms with van der Waals surface area (Å²) < 4.78 is 0. The molecule has 0 saturated carbocycles. The molecule has 3 rings (SSSR count). The highest BCUT2D eigenvalue weighted by Gasteiger charge is 2.11. The number of carbonyl (C=O) groups excluding carboxylic acids is 2. The van der Waals surface area contributed by atoms with Crippen molar-refractivity contribution in [3.8, 4) is 5.75 Å². The molecule has 0 heterocycles. The first-order chi connectivity index (χ1) is 14.8. The normalized spacial score (nSPS) is 10.6. The van der Waals surface area contributed by atoms with Crippen molar-refractivity contribution in [2.45, 2.75) is 0 Å². The van der Waals surface area contributed by atoms with Crippen LogP contribution in [-0.2, 0) is 0 Å². The lowest BCUT2D eigenvalue weighted by atomic mass is 10.1. The predicted octanol–water partition coefficient (Wildman–Crippen LogP) is 3.97. The van der Waals surface area contributed by atoms with Gasteiger partial charge in [0.05, 0.1) is 11.1 Å². The van der Waals surface area contributed by atoms with Gasteiger partial charge in [-0.2, -0.15) is 5.10 Å². The van der Waals surface area contributed by atoms with Crippen molar-refractivity contribution in [1.82, 2.24) is 5.43 Å². The van der Waals surface area contributed by atoms with Crippen LogP contribution < -0.4 is 10.7 Å². The van der Waals surface area contributed by atoms with Gasteiger partial charge in [0.1, 0.15) is 5.75 Å². The van der Waals surface area contributed by atoms with Gasteiger partial charge in [-0.25, -0.2) is 5.43 Å². The van der Waals surface area contributed by atoms with Gasteiger partial charge in [-0.15, -0.1) is 0 Å². The van der Waals surface area contributed by atoms with Crippen LogP contribution in [0.15, 0.2) is 71.8 Å². The number of benzene rings is 3. The monoisotopic (exact) mass is 438 g/mol. The highest BCUT2D eigenvalue weighted by molar-refractivity contribution is 6.30. The minimum absolute atomic E-state index is 0.0432. The van der Waals surface area contributed by atoms with E-state index < -0.39 is 16.7 Å². The topological polar surface area (TPSA) is 134 Å². The molecule has 3 N–H and O–H groups in total. The van der Waals surface area contributed by atoms with E-state index in [4.69, 9.17) is 11.6 Å². The fourth-order valence-electron chi connectivity index (χ4n) is 2.53. The smallest absolute Gasteiger partial charge is 0.271 e. The number of nitrogens with one attached hydrogen (secondary N) is 2. The minimum Gasteiger partial charge on any atom is -0.507 e. The van der Waals surface area contributed by atoms with Crippen LogP contribution in [0.1, 0.15) is 26.3 Å². The molecule has 10 heteroatoms. The van der Waals surface area contributed by atoms with E-state index in [-0.39, 0.29) is 22.6 Å². The molecular weight excluding hydrogens is 424 g/mol. The van der Waals surface area contributed by atoms with Gasteiger partial charge in [-0.3, -0.25) is 19.7 Å². The van der Waals surface area contributed by atoms with Crippen molar-refractivity contribution < 1.29 is 19.6 Å².